The van der Waals surface area contributed by atoms with E-state index in [1.807, 2.05) is 35.7 Å². The minimum Gasteiger partial charge on any atom is -0.497 e. The van der Waals surface area contributed by atoms with Crippen LogP contribution >= 0.6 is 11.3 Å². The summed E-state index contributed by atoms with van der Waals surface area (Å²) in [7, 11) is 3.20. The summed E-state index contributed by atoms with van der Waals surface area (Å²) in [5, 5.41) is 5.65. The molecule has 1 amide bonds. The third kappa shape index (κ3) is 4.37. The van der Waals surface area contributed by atoms with Crippen LogP contribution in [0.1, 0.15) is 11.3 Å². The van der Waals surface area contributed by atoms with E-state index in [0.717, 1.165) is 27.6 Å². The van der Waals surface area contributed by atoms with E-state index in [-0.39, 0.29) is 12.3 Å². The first kappa shape index (κ1) is 17.9. The van der Waals surface area contributed by atoms with E-state index in [9.17, 15) is 4.79 Å². The Morgan fingerprint density at radius 2 is 2.12 bits per heavy atom. The average Bonchev–Trinajstić information content (AvgIpc) is 3.15. The molecule has 1 N–H and O–H groups in total. The number of nitrogens with one attached hydrogen (secondary N) is 1. The van der Waals surface area contributed by atoms with Crippen LogP contribution in [0.4, 0.5) is 0 Å². The normalized spacial score (nSPS) is 10.4. The van der Waals surface area contributed by atoms with Crippen molar-refractivity contribution in [2.75, 3.05) is 14.2 Å². The van der Waals surface area contributed by atoms with E-state index in [2.05, 4.69) is 15.3 Å². The van der Waals surface area contributed by atoms with Crippen molar-refractivity contribution in [3.63, 3.8) is 0 Å². The van der Waals surface area contributed by atoms with Gasteiger partial charge in [0.1, 0.15) is 16.5 Å². The van der Waals surface area contributed by atoms with Crippen molar-refractivity contribution in [1.29, 1.82) is 0 Å². The van der Waals surface area contributed by atoms with Crippen LogP contribution in [-0.2, 0) is 17.8 Å². The Bertz CT molecular complexity index is 881. The Kier molecular flexibility index (Phi) is 5.80. The maximum Gasteiger partial charge on any atom is 0.226 e. The summed E-state index contributed by atoms with van der Waals surface area (Å²) in [5.41, 5.74) is 2.55. The van der Waals surface area contributed by atoms with Gasteiger partial charge in [-0.15, -0.1) is 11.3 Å². The maximum absolute atomic E-state index is 12.3. The lowest BCUT2D eigenvalue weighted by Crippen LogP contribution is -2.25. The molecule has 26 heavy (non-hydrogen) atoms. The highest BCUT2D eigenvalue weighted by Gasteiger charge is 2.11. The number of hydrogen-bond acceptors (Lipinski definition) is 6. The highest BCUT2D eigenvalue weighted by atomic mass is 32.1. The van der Waals surface area contributed by atoms with Gasteiger partial charge in [0.15, 0.2) is 0 Å². The van der Waals surface area contributed by atoms with Gasteiger partial charge in [0.25, 0.3) is 0 Å². The molecular weight excluding hydrogens is 350 g/mol. The lowest BCUT2D eigenvalue weighted by Gasteiger charge is -2.11. The molecule has 2 heterocycles. The zero-order chi connectivity index (χ0) is 18.4. The molecule has 0 bridgehead atoms. The number of methoxy groups -OCH3 is 2. The lowest BCUT2D eigenvalue weighted by atomic mass is 10.2. The van der Waals surface area contributed by atoms with Crippen molar-refractivity contribution in [2.45, 2.75) is 13.0 Å². The zero-order valence-corrected chi connectivity index (χ0v) is 15.4. The largest absolute Gasteiger partial charge is 0.497 e. The number of thiazole rings is 1. The molecule has 3 rings (SSSR count). The van der Waals surface area contributed by atoms with Crippen LogP contribution in [0.15, 0.2) is 48.1 Å². The fraction of sp³-hybridized carbons (Fsp3) is 0.211. The number of ether oxygens (including phenoxy) is 2. The third-order valence-corrected chi connectivity index (χ3v) is 4.71. The van der Waals surface area contributed by atoms with Crippen LogP contribution in [-0.4, -0.2) is 30.1 Å². The van der Waals surface area contributed by atoms with Gasteiger partial charge in [-0.3, -0.25) is 9.78 Å². The highest BCUT2D eigenvalue weighted by Crippen LogP contribution is 2.24. The molecule has 6 nitrogen and oxygen atoms in total. The Morgan fingerprint density at radius 3 is 2.85 bits per heavy atom. The predicted octanol–water partition coefficient (Wildman–Crippen LogP) is 3.08. The molecule has 2 aromatic heterocycles. The highest BCUT2D eigenvalue weighted by molar-refractivity contribution is 7.13. The zero-order valence-electron chi connectivity index (χ0n) is 14.6. The van der Waals surface area contributed by atoms with E-state index in [0.29, 0.717) is 12.3 Å². The van der Waals surface area contributed by atoms with Crippen molar-refractivity contribution in [3.05, 3.63) is 59.4 Å². The molecule has 0 saturated carbocycles. The third-order valence-electron chi connectivity index (χ3n) is 3.77. The van der Waals surface area contributed by atoms with Gasteiger partial charge in [0.05, 0.1) is 26.3 Å². The summed E-state index contributed by atoms with van der Waals surface area (Å²) in [5.74, 6) is 1.33. The van der Waals surface area contributed by atoms with Gasteiger partial charge in [-0.05, 0) is 30.3 Å². The topological polar surface area (TPSA) is 73.3 Å². The van der Waals surface area contributed by atoms with Gasteiger partial charge in [-0.25, -0.2) is 4.98 Å². The molecule has 0 spiro atoms. The minimum atomic E-state index is -0.0992. The number of hydrogen-bond donors (Lipinski definition) is 1. The first-order valence-corrected chi connectivity index (χ1v) is 8.90. The molecule has 0 fully saturated rings. The van der Waals surface area contributed by atoms with Crippen molar-refractivity contribution in [3.8, 4) is 22.1 Å². The Labute approximate surface area is 155 Å². The number of nitrogens with zero attached hydrogens (tertiary/aromatic N) is 2. The molecule has 1 aromatic carbocycles. The molecule has 0 aliphatic rings. The number of aromatic nitrogens is 2. The molecule has 7 heteroatoms. The number of carbonyl (C=O) groups excluding carboxylic acids is 1. The van der Waals surface area contributed by atoms with Gasteiger partial charge < -0.3 is 14.8 Å². The predicted molar refractivity (Wildman–Crippen MR) is 100 cm³/mol. The fourth-order valence-electron chi connectivity index (χ4n) is 2.45. The van der Waals surface area contributed by atoms with E-state index in [1.54, 1.807) is 26.6 Å². The quantitative estimate of drug-likeness (QED) is 0.693. The number of benzene rings is 1. The Balaban J connectivity index is 1.61. The number of amides is 1. The molecule has 0 aliphatic heterocycles. The van der Waals surface area contributed by atoms with Gasteiger partial charge in [0, 0.05) is 35.4 Å². The van der Waals surface area contributed by atoms with E-state index >= 15 is 0 Å². The first-order valence-electron chi connectivity index (χ1n) is 8.02. The SMILES string of the molecule is COc1ccc(OC)c(CNC(=O)Cc2csc(-c3cccnc3)n2)c1. The van der Waals surface area contributed by atoms with Crippen LogP contribution in [0, 0.1) is 0 Å². The number of carbonyl (C=O) groups is 1. The molecular formula is C19H19N3O3S. The van der Waals surface area contributed by atoms with E-state index < -0.39 is 0 Å². The maximum atomic E-state index is 12.3. The molecule has 0 unspecified atom stereocenters. The monoisotopic (exact) mass is 369 g/mol. The molecule has 134 valence electrons. The fourth-order valence-corrected chi connectivity index (χ4v) is 3.26. The smallest absolute Gasteiger partial charge is 0.226 e. The van der Waals surface area contributed by atoms with Crippen LogP contribution in [0.5, 0.6) is 11.5 Å². The standard InChI is InChI=1S/C19H19N3O3S/c1-24-16-5-6-17(25-2)14(8-16)11-21-18(23)9-15-12-26-19(22-15)13-4-3-7-20-10-13/h3-8,10,12H,9,11H2,1-2H3,(H,21,23). The average molecular weight is 369 g/mol. The van der Waals surface area contributed by atoms with Gasteiger partial charge in [-0.2, -0.15) is 0 Å². The van der Waals surface area contributed by atoms with E-state index in [4.69, 9.17) is 9.47 Å². The van der Waals surface area contributed by atoms with Crippen molar-refractivity contribution < 1.29 is 14.3 Å². The van der Waals surface area contributed by atoms with Gasteiger partial charge in [-0.1, -0.05) is 0 Å². The molecule has 0 saturated heterocycles. The summed E-state index contributed by atoms with van der Waals surface area (Å²) in [6.45, 7) is 0.360. The summed E-state index contributed by atoms with van der Waals surface area (Å²) >= 11 is 1.50. The van der Waals surface area contributed by atoms with Crippen LogP contribution in [0.25, 0.3) is 10.6 Å². The lowest BCUT2D eigenvalue weighted by molar-refractivity contribution is -0.120. The number of rotatable bonds is 7. The van der Waals surface area contributed by atoms with Crippen LogP contribution < -0.4 is 14.8 Å². The summed E-state index contributed by atoms with van der Waals surface area (Å²) < 4.78 is 10.5. The minimum absolute atomic E-state index is 0.0992. The second-order valence-electron chi connectivity index (χ2n) is 5.52. The van der Waals surface area contributed by atoms with Crippen molar-refractivity contribution in [1.82, 2.24) is 15.3 Å². The number of pyridine rings is 1. The summed E-state index contributed by atoms with van der Waals surface area (Å²) in [4.78, 5) is 20.9. The molecule has 0 atom stereocenters. The van der Waals surface area contributed by atoms with Gasteiger partial charge >= 0.3 is 0 Å². The molecule has 0 radical (unpaired) electrons. The molecule has 3 aromatic rings. The first-order chi connectivity index (χ1) is 12.7. The van der Waals surface area contributed by atoms with Crippen molar-refractivity contribution >= 4 is 17.2 Å². The molecule has 0 aliphatic carbocycles. The van der Waals surface area contributed by atoms with Crippen LogP contribution in [0.2, 0.25) is 0 Å². The van der Waals surface area contributed by atoms with Crippen LogP contribution in [0.3, 0.4) is 0 Å². The summed E-state index contributed by atoms with van der Waals surface area (Å²) in [6, 6.07) is 9.30. The van der Waals surface area contributed by atoms with Gasteiger partial charge in [0.2, 0.25) is 5.91 Å². The summed E-state index contributed by atoms with van der Waals surface area (Å²) in [6.07, 6.45) is 3.71. The Morgan fingerprint density at radius 1 is 1.23 bits per heavy atom. The second-order valence-corrected chi connectivity index (χ2v) is 6.38. The second kappa shape index (κ2) is 8.44. The Hall–Kier alpha value is -2.93. The van der Waals surface area contributed by atoms with Crippen molar-refractivity contribution in [2.24, 2.45) is 0 Å². The van der Waals surface area contributed by atoms with E-state index in [1.165, 1.54) is 11.3 Å².